The van der Waals surface area contributed by atoms with Gasteiger partial charge in [0.05, 0.1) is 11.6 Å². The van der Waals surface area contributed by atoms with Crippen LogP contribution in [0.2, 0.25) is 5.02 Å². The summed E-state index contributed by atoms with van der Waals surface area (Å²) in [7, 11) is 3.90. The monoisotopic (exact) mass is 426 g/mol. The summed E-state index contributed by atoms with van der Waals surface area (Å²) >= 11 is 5.96. The second kappa shape index (κ2) is 9.35. The van der Waals surface area contributed by atoms with Crippen LogP contribution in [0.25, 0.3) is 5.76 Å². The third kappa shape index (κ3) is 4.36. The number of aliphatic hydroxyl groups is 1. The van der Waals surface area contributed by atoms with Crippen LogP contribution in [0.5, 0.6) is 0 Å². The van der Waals surface area contributed by atoms with Crippen molar-refractivity contribution in [2.24, 2.45) is 0 Å². The van der Waals surface area contributed by atoms with Gasteiger partial charge in [-0.15, -0.1) is 0 Å². The largest absolute Gasteiger partial charge is 0.507 e. The third-order valence-electron chi connectivity index (χ3n) is 5.39. The van der Waals surface area contributed by atoms with Gasteiger partial charge in [0, 0.05) is 36.9 Å². The van der Waals surface area contributed by atoms with Gasteiger partial charge in [0.1, 0.15) is 5.76 Å². The average Bonchev–Trinajstić information content (AvgIpc) is 2.99. The van der Waals surface area contributed by atoms with Crippen molar-refractivity contribution in [3.63, 3.8) is 0 Å². The first kappa shape index (κ1) is 21.9. The number of nitrogens with zero attached hydrogens (tertiary/aromatic N) is 2. The van der Waals surface area contributed by atoms with Crippen LogP contribution in [0.15, 0.2) is 54.1 Å². The molecule has 1 fully saturated rings. The number of hydrogen-bond donors (Lipinski definition) is 1. The molecule has 1 aliphatic heterocycles. The molecule has 1 atom stereocenters. The Balaban J connectivity index is 2.10. The lowest BCUT2D eigenvalue weighted by atomic mass is 9.95. The van der Waals surface area contributed by atoms with E-state index in [9.17, 15) is 14.7 Å². The highest BCUT2D eigenvalue weighted by atomic mass is 35.5. The Kier molecular flexibility index (Phi) is 6.83. The maximum atomic E-state index is 12.9. The lowest BCUT2D eigenvalue weighted by Crippen LogP contribution is -2.30. The summed E-state index contributed by atoms with van der Waals surface area (Å²) in [6.45, 7) is 2.56. The number of carbonyl (C=O) groups excluding carboxylic acids is 2. The van der Waals surface area contributed by atoms with Gasteiger partial charge in [-0.2, -0.15) is 0 Å². The maximum Gasteiger partial charge on any atom is 0.295 e. The van der Waals surface area contributed by atoms with E-state index in [0.717, 1.165) is 30.5 Å². The van der Waals surface area contributed by atoms with E-state index in [1.54, 1.807) is 29.2 Å². The van der Waals surface area contributed by atoms with Crippen molar-refractivity contribution in [3.05, 3.63) is 70.3 Å². The molecule has 0 bridgehead atoms. The molecule has 6 heteroatoms. The average molecular weight is 427 g/mol. The molecule has 1 unspecified atom stereocenters. The molecule has 1 aliphatic rings. The molecule has 1 N–H and O–H groups in total. The highest BCUT2D eigenvalue weighted by Gasteiger charge is 2.45. The molecule has 0 aromatic heterocycles. The molecule has 1 saturated heterocycles. The predicted molar refractivity (Wildman–Crippen MR) is 121 cm³/mol. The van der Waals surface area contributed by atoms with E-state index in [4.69, 9.17) is 11.6 Å². The van der Waals surface area contributed by atoms with Crippen molar-refractivity contribution >= 4 is 34.7 Å². The molecule has 1 heterocycles. The second-order valence-electron chi connectivity index (χ2n) is 7.69. The molecule has 0 aliphatic carbocycles. The van der Waals surface area contributed by atoms with Crippen LogP contribution < -0.4 is 4.90 Å². The molecule has 0 radical (unpaired) electrons. The zero-order chi connectivity index (χ0) is 21.8. The van der Waals surface area contributed by atoms with Crippen LogP contribution in [0.4, 0.5) is 5.69 Å². The maximum absolute atomic E-state index is 12.9. The number of carbonyl (C=O) groups is 2. The topological polar surface area (TPSA) is 60.9 Å². The molecule has 158 valence electrons. The van der Waals surface area contributed by atoms with Crippen LogP contribution in [0.1, 0.15) is 43.4 Å². The van der Waals surface area contributed by atoms with Crippen LogP contribution in [-0.2, 0) is 9.59 Å². The normalized spacial score (nSPS) is 18.1. The van der Waals surface area contributed by atoms with E-state index >= 15 is 0 Å². The van der Waals surface area contributed by atoms with Gasteiger partial charge in [-0.05, 0) is 48.4 Å². The van der Waals surface area contributed by atoms with E-state index in [-0.39, 0.29) is 11.3 Å². The highest BCUT2D eigenvalue weighted by Crippen LogP contribution is 2.40. The summed E-state index contributed by atoms with van der Waals surface area (Å²) < 4.78 is 0. The van der Waals surface area contributed by atoms with Gasteiger partial charge in [0.15, 0.2) is 0 Å². The second-order valence-corrected chi connectivity index (χ2v) is 8.13. The fourth-order valence-corrected chi connectivity index (χ4v) is 3.83. The number of anilines is 1. The SMILES string of the molecule is CCCCCN1C(=O)C(=O)/C(=C(\O)c2ccc(Cl)cc2)C1c1ccc(N(C)C)cc1. The van der Waals surface area contributed by atoms with Gasteiger partial charge < -0.3 is 14.9 Å². The Labute approximate surface area is 182 Å². The number of unbranched alkanes of at least 4 members (excludes halogenated alkanes) is 2. The summed E-state index contributed by atoms with van der Waals surface area (Å²) in [6, 6.07) is 13.7. The number of rotatable bonds is 7. The first-order valence-electron chi connectivity index (χ1n) is 10.2. The van der Waals surface area contributed by atoms with Crippen LogP contribution in [0, 0.1) is 0 Å². The van der Waals surface area contributed by atoms with Gasteiger partial charge >= 0.3 is 0 Å². The van der Waals surface area contributed by atoms with Crippen LogP contribution >= 0.6 is 11.6 Å². The number of likely N-dealkylation sites (tertiary alicyclic amines) is 1. The molecule has 0 saturated carbocycles. The van der Waals surface area contributed by atoms with Gasteiger partial charge in [-0.25, -0.2) is 0 Å². The predicted octanol–water partition coefficient (Wildman–Crippen LogP) is 5.02. The smallest absolute Gasteiger partial charge is 0.295 e. The Morgan fingerprint density at radius 3 is 2.23 bits per heavy atom. The Hall–Kier alpha value is -2.79. The van der Waals surface area contributed by atoms with Crippen molar-refractivity contribution in [1.29, 1.82) is 0 Å². The highest BCUT2D eigenvalue weighted by molar-refractivity contribution is 6.46. The Morgan fingerprint density at radius 1 is 1.03 bits per heavy atom. The lowest BCUT2D eigenvalue weighted by Gasteiger charge is -2.26. The minimum atomic E-state index is -0.652. The summed E-state index contributed by atoms with van der Waals surface area (Å²) in [6.07, 6.45) is 2.78. The van der Waals surface area contributed by atoms with Crippen molar-refractivity contribution in [1.82, 2.24) is 4.90 Å². The van der Waals surface area contributed by atoms with E-state index in [2.05, 4.69) is 6.92 Å². The molecule has 2 aromatic carbocycles. The van der Waals surface area contributed by atoms with Crippen molar-refractivity contribution < 1.29 is 14.7 Å². The molecule has 1 amide bonds. The van der Waals surface area contributed by atoms with Gasteiger partial charge in [-0.3, -0.25) is 9.59 Å². The molecule has 2 aromatic rings. The quantitative estimate of drug-likeness (QED) is 0.292. The molecule has 0 spiro atoms. The van der Waals surface area contributed by atoms with Crippen molar-refractivity contribution in [3.8, 4) is 0 Å². The van der Waals surface area contributed by atoms with Crippen LogP contribution in [0.3, 0.4) is 0 Å². The summed E-state index contributed by atoms with van der Waals surface area (Å²) in [5.41, 5.74) is 2.39. The number of aliphatic hydroxyl groups excluding tert-OH is 1. The number of Topliss-reactive ketones (excluding diaryl/α,β-unsaturated/α-hetero) is 1. The number of ketones is 1. The minimum absolute atomic E-state index is 0.122. The summed E-state index contributed by atoms with van der Waals surface area (Å²) in [5.74, 6) is -1.39. The number of halogens is 1. The van der Waals surface area contributed by atoms with E-state index < -0.39 is 17.7 Å². The van der Waals surface area contributed by atoms with E-state index in [0.29, 0.717) is 17.1 Å². The number of amides is 1. The Bertz CT molecular complexity index is 949. The zero-order valence-electron chi connectivity index (χ0n) is 17.6. The summed E-state index contributed by atoms with van der Waals surface area (Å²) in [4.78, 5) is 29.4. The number of benzene rings is 2. The Morgan fingerprint density at radius 2 is 1.67 bits per heavy atom. The first-order chi connectivity index (χ1) is 14.3. The standard InChI is InChI=1S/C24H27ClN2O3/c1-4-5-6-15-27-21(16-9-13-19(14-10-16)26(2)3)20(23(29)24(27)30)22(28)17-7-11-18(25)12-8-17/h7-14,21,28H,4-6,15H2,1-3H3/b22-20-. The third-order valence-corrected chi connectivity index (χ3v) is 5.64. The molecular weight excluding hydrogens is 400 g/mol. The lowest BCUT2D eigenvalue weighted by molar-refractivity contribution is -0.139. The molecule has 3 rings (SSSR count). The molecule has 5 nitrogen and oxygen atoms in total. The van der Waals surface area contributed by atoms with E-state index in [1.165, 1.54) is 0 Å². The van der Waals surface area contributed by atoms with E-state index in [1.807, 2.05) is 43.3 Å². The fourth-order valence-electron chi connectivity index (χ4n) is 3.71. The first-order valence-corrected chi connectivity index (χ1v) is 10.5. The van der Waals surface area contributed by atoms with Gasteiger partial charge in [0.2, 0.25) is 0 Å². The summed E-state index contributed by atoms with van der Waals surface area (Å²) in [5, 5.41) is 11.5. The number of hydrogen-bond acceptors (Lipinski definition) is 4. The minimum Gasteiger partial charge on any atom is -0.507 e. The van der Waals surface area contributed by atoms with Crippen molar-refractivity contribution in [2.45, 2.75) is 32.2 Å². The molecular formula is C24H27ClN2O3. The van der Waals surface area contributed by atoms with Crippen LogP contribution in [-0.4, -0.2) is 42.3 Å². The van der Waals surface area contributed by atoms with Gasteiger partial charge in [-0.1, -0.05) is 43.5 Å². The van der Waals surface area contributed by atoms with Crippen molar-refractivity contribution in [2.75, 3.05) is 25.5 Å². The molecule has 30 heavy (non-hydrogen) atoms. The van der Waals surface area contributed by atoms with Gasteiger partial charge in [0.25, 0.3) is 11.7 Å². The zero-order valence-corrected chi connectivity index (χ0v) is 18.3. The fraction of sp³-hybridized carbons (Fsp3) is 0.333.